The van der Waals surface area contributed by atoms with Gasteiger partial charge in [-0.3, -0.25) is 0 Å². The van der Waals surface area contributed by atoms with E-state index in [1.165, 1.54) is 44.3 Å². The Balaban J connectivity index is 1.74. The minimum atomic E-state index is 0.442. The largest absolute Gasteiger partial charge is 0.337 e. The monoisotopic (exact) mass is 298 g/mol. The number of aromatic nitrogens is 2. The lowest BCUT2D eigenvalue weighted by molar-refractivity contribution is 0.585. The van der Waals surface area contributed by atoms with Gasteiger partial charge in [-0.05, 0) is 38.4 Å². The summed E-state index contributed by atoms with van der Waals surface area (Å²) < 4.78 is 2.63. The Hall–Kier alpha value is -0.0900. The Morgan fingerprint density at radius 2 is 2.32 bits per heavy atom. The van der Waals surface area contributed by atoms with E-state index in [-0.39, 0.29) is 0 Å². The topological polar surface area (TPSA) is 17.8 Å². The van der Waals surface area contributed by atoms with Crippen molar-refractivity contribution in [1.82, 2.24) is 9.55 Å². The van der Waals surface area contributed by atoms with Crippen LogP contribution in [0.2, 0.25) is 0 Å². The van der Waals surface area contributed by atoms with Crippen LogP contribution in [-0.2, 0) is 6.54 Å². The van der Waals surface area contributed by atoms with E-state index in [1.54, 1.807) is 0 Å². The van der Waals surface area contributed by atoms with Crippen molar-refractivity contribution in [3.8, 4) is 0 Å². The molecule has 2 heterocycles. The van der Waals surface area contributed by atoms with E-state index >= 15 is 0 Å². The Kier molecular flexibility index (Phi) is 6.14. The number of aryl methyl sites for hydroxylation is 1. The van der Waals surface area contributed by atoms with Gasteiger partial charge < -0.3 is 4.57 Å². The summed E-state index contributed by atoms with van der Waals surface area (Å²) in [6.45, 7) is 5.86. The van der Waals surface area contributed by atoms with Gasteiger partial charge in [0.2, 0.25) is 0 Å². The van der Waals surface area contributed by atoms with E-state index in [1.807, 2.05) is 12.5 Å². The summed E-state index contributed by atoms with van der Waals surface area (Å²) in [5, 5.41) is 0.902. The summed E-state index contributed by atoms with van der Waals surface area (Å²) in [4.78, 5) is 4.10. The van der Waals surface area contributed by atoms with E-state index in [2.05, 4.69) is 53.1 Å². The van der Waals surface area contributed by atoms with E-state index in [0.29, 0.717) is 4.08 Å². The molecule has 0 saturated carbocycles. The highest BCUT2D eigenvalue weighted by molar-refractivity contribution is 8.19. The van der Waals surface area contributed by atoms with Crippen LogP contribution in [0.3, 0.4) is 0 Å². The number of rotatable bonds is 7. The van der Waals surface area contributed by atoms with Crippen molar-refractivity contribution in [3.63, 3.8) is 0 Å². The van der Waals surface area contributed by atoms with E-state index in [0.717, 1.165) is 11.8 Å². The molecule has 0 amide bonds. The zero-order valence-corrected chi connectivity index (χ0v) is 13.8. The van der Waals surface area contributed by atoms with Gasteiger partial charge in [0, 0.05) is 24.2 Å². The number of nitrogens with zero attached hydrogens (tertiary/aromatic N) is 2. The van der Waals surface area contributed by atoms with Crippen LogP contribution < -0.4 is 0 Å². The molecular weight excluding hydrogens is 272 g/mol. The van der Waals surface area contributed by atoms with Crippen LogP contribution in [0, 0.1) is 0 Å². The van der Waals surface area contributed by atoms with Gasteiger partial charge in [-0.15, -0.1) is 23.5 Å². The minimum absolute atomic E-state index is 0.442. The SMILES string of the molecule is CCCCC1CCSC(C)(CCCn2ccnc2)S1. The molecule has 4 heteroatoms. The van der Waals surface area contributed by atoms with Crippen LogP contribution in [-0.4, -0.2) is 24.6 Å². The maximum atomic E-state index is 4.10. The molecule has 19 heavy (non-hydrogen) atoms. The minimum Gasteiger partial charge on any atom is -0.337 e. The molecule has 2 rings (SSSR count). The molecule has 1 aromatic rings. The fourth-order valence-electron chi connectivity index (χ4n) is 2.62. The first kappa shape index (κ1) is 15.3. The highest BCUT2D eigenvalue weighted by Gasteiger charge is 2.32. The summed E-state index contributed by atoms with van der Waals surface area (Å²) in [5.41, 5.74) is 0. The fraction of sp³-hybridized carbons (Fsp3) is 0.800. The summed E-state index contributed by atoms with van der Waals surface area (Å²) in [6, 6.07) is 0. The van der Waals surface area contributed by atoms with Crippen LogP contribution in [0.1, 0.15) is 52.4 Å². The molecule has 0 N–H and O–H groups in total. The van der Waals surface area contributed by atoms with Crippen LogP contribution in [0.25, 0.3) is 0 Å². The van der Waals surface area contributed by atoms with Gasteiger partial charge in [-0.2, -0.15) is 0 Å². The van der Waals surface area contributed by atoms with Crippen molar-refractivity contribution in [2.24, 2.45) is 0 Å². The summed E-state index contributed by atoms with van der Waals surface area (Å²) in [7, 11) is 0. The lowest BCUT2D eigenvalue weighted by Gasteiger charge is -2.37. The quantitative estimate of drug-likeness (QED) is 0.719. The number of hydrogen-bond donors (Lipinski definition) is 0. The average molecular weight is 299 g/mol. The lowest BCUT2D eigenvalue weighted by atomic mass is 10.1. The number of imidazole rings is 1. The van der Waals surface area contributed by atoms with Crippen LogP contribution in [0.15, 0.2) is 18.7 Å². The third kappa shape index (κ3) is 5.07. The Morgan fingerprint density at radius 3 is 3.05 bits per heavy atom. The van der Waals surface area contributed by atoms with Crippen LogP contribution in [0.4, 0.5) is 0 Å². The van der Waals surface area contributed by atoms with Crippen molar-refractivity contribution in [1.29, 1.82) is 0 Å². The smallest absolute Gasteiger partial charge is 0.0945 e. The third-order valence-electron chi connectivity index (χ3n) is 3.75. The Bertz CT molecular complexity index is 353. The van der Waals surface area contributed by atoms with Gasteiger partial charge in [0.15, 0.2) is 0 Å². The maximum Gasteiger partial charge on any atom is 0.0945 e. The molecule has 0 aliphatic carbocycles. The van der Waals surface area contributed by atoms with Gasteiger partial charge in [-0.25, -0.2) is 4.98 Å². The number of hydrogen-bond acceptors (Lipinski definition) is 3. The average Bonchev–Trinajstić information content (AvgIpc) is 2.89. The van der Waals surface area contributed by atoms with Crippen molar-refractivity contribution in [2.45, 2.75) is 68.2 Å². The van der Waals surface area contributed by atoms with Gasteiger partial charge in [0.05, 0.1) is 10.4 Å². The van der Waals surface area contributed by atoms with E-state index < -0.39 is 0 Å². The van der Waals surface area contributed by atoms with Crippen LogP contribution >= 0.6 is 23.5 Å². The van der Waals surface area contributed by atoms with Gasteiger partial charge in [0.25, 0.3) is 0 Å². The van der Waals surface area contributed by atoms with Crippen molar-refractivity contribution >= 4 is 23.5 Å². The number of unbranched alkanes of at least 4 members (excludes halogenated alkanes) is 1. The standard InChI is InChI=1S/C15H26N2S2/c1-3-4-6-14-7-12-18-15(2,19-14)8-5-10-17-11-9-16-13-17/h9,11,13-14H,3-8,10,12H2,1-2H3. The molecule has 0 bridgehead atoms. The van der Waals surface area contributed by atoms with Crippen molar-refractivity contribution in [3.05, 3.63) is 18.7 Å². The maximum absolute atomic E-state index is 4.10. The molecule has 1 aliphatic heterocycles. The van der Waals surface area contributed by atoms with Crippen molar-refractivity contribution < 1.29 is 0 Å². The molecule has 108 valence electrons. The van der Waals surface area contributed by atoms with Gasteiger partial charge in [-0.1, -0.05) is 19.8 Å². The zero-order chi connectivity index (χ0) is 13.6. The fourth-order valence-corrected chi connectivity index (χ4v) is 6.31. The normalized spacial score (nSPS) is 27.6. The molecule has 1 aromatic heterocycles. The molecule has 0 aromatic carbocycles. The molecule has 2 atom stereocenters. The lowest BCUT2D eigenvalue weighted by Crippen LogP contribution is -2.26. The molecule has 2 nitrogen and oxygen atoms in total. The second-order valence-corrected chi connectivity index (χ2v) is 9.22. The first-order valence-corrected chi connectivity index (χ1v) is 9.36. The molecule has 2 unspecified atom stereocenters. The number of thioether (sulfide) groups is 2. The molecule has 1 aliphatic rings. The molecule has 1 saturated heterocycles. The first-order chi connectivity index (χ1) is 9.22. The summed E-state index contributed by atoms with van der Waals surface area (Å²) in [6.07, 6.45) is 14.0. The second kappa shape index (κ2) is 7.63. The van der Waals surface area contributed by atoms with Gasteiger partial charge >= 0.3 is 0 Å². The zero-order valence-electron chi connectivity index (χ0n) is 12.2. The highest BCUT2D eigenvalue weighted by Crippen LogP contribution is 2.49. The molecular formula is C15H26N2S2. The molecule has 1 fully saturated rings. The third-order valence-corrected chi connectivity index (χ3v) is 7.15. The highest BCUT2D eigenvalue weighted by atomic mass is 32.2. The predicted octanol–water partition coefficient (Wildman–Crippen LogP) is 4.81. The molecule has 0 spiro atoms. The second-order valence-electron chi connectivity index (χ2n) is 5.56. The summed E-state index contributed by atoms with van der Waals surface area (Å²) >= 11 is 4.43. The van der Waals surface area contributed by atoms with Crippen LogP contribution in [0.5, 0.6) is 0 Å². The van der Waals surface area contributed by atoms with Gasteiger partial charge in [0.1, 0.15) is 0 Å². The Morgan fingerprint density at radius 1 is 1.42 bits per heavy atom. The first-order valence-electron chi connectivity index (χ1n) is 7.49. The molecule has 0 radical (unpaired) electrons. The predicted molar refractivity (Wildman–Crippen MR) is 87.8 cm³/mol. The van der Waals surface area contributed by atoms with Crippen molar-refractivity contribution in [2.75, 3.05) is 5.75 Å². The van der Waals surface area contributed by atoms with E-state index in [4.69, 9.17) is 0 Å². The Labute approximate surface area is 126 Å². The summed E-state index contributed by atoms with van der Waals surface area (Å²) in [5.74, 6) is 1.35. The van der Waals surface area contributed by atoms with E-state index in [9.17, 15) is 0 Å².